The van der Waals surface area contributed by atoms with E-state index in [2.05, 4.69) is 55.1 Å². The van der Waals surface area contributed by atoms with Crippen molar-refractivity contribution < 1.29 is 9.90 Å². The van der Waals surface area contributed by atoms with Crippen molar-refractivity contribution in [1.82, 2.24) is 0 Å². The van der Waals surface area contributed by atoms with Crippen molar-refractivity contribution >= 4 is 5.97 Å². The third-order valence-electron chi connectivity index (χ3n) is 4.28. The maximum absolute atomic E-state index is 10.6. The molecule has 124 valence electrons. The van der Waals surface area contributed by atoms with E-state index in [1.54, 1.807) is 6.08 Å². The maximum atomic E-state index is 10.6. The normalized spacial score (nSPS) is 12.2. The third kappa shape index (κ3) is 4.02. The zero-order chi connectivity index (χ0) is 17.5. The minimum atomic E-state index is -0.813. The van der Waals surface area contributed by atoms with Crippen molar-refractivity contribution in [2.75, 3.05) is 0 Å². The van der Waals surface area contributed by atoms with Crippen LogP contribution in [0.1, 0.15) is 37.8 Å². The van der Waals surface area contributed by atoms with Crippen LogP contribution in [0.2, 0.25) is 0 Å². The number of rotatable bonds is 4. The molecule has 2 nitrogen and oxygen atoms in total. The first-order chi connectivity index (χ1) is 11.6. The van der Waals surface area contributed by atoms with Crippen LogP contribution in [-0.2, 0) is 11.2 Å². The second kappa shape index (κ2) is 8.30. The zero-order valence-corrected chi connectivity index (χ0v) is 14.4. The molecule has 0 radical (unpaired) electrons. The fourth-order valence-electron chi connectivity index (χ4n) is 3.05. The molecule has 0 spiro atoms. The van der Waals surface area contributed by atoms with E-state index in [1.807, 2.05) is 13.8 Å². The van der Waals surface area contributed by atoms with Crippen molar-refractivity contribution in [3.63, 3.8) is 0 Å². The van der Waals surface area contributed by atoms with Crippen LogP contribution in [0.4, 0.5) is 0 Å². The van der Waals surface area contributed by atoms with Gasteiger partial charge < -0.3 is 5.11 Å². The summed E-state index contributed by atoms with van der Waals surface area (Å²) in [5, 5.41) is 8.68. The highest BCUT2D eigenvalue weighted by molar-refractivity contribution is 5.87. The van der Waals surface area contributed by atoms with Crippen LogP contribution in [0.15, 0.2) is 72.3 Å². The number of benzene rings is 2. The van der Waals surface area contributed by atoms with E-state index in [0.717, 1.165) is 12.0 Å². The molecule has 0 aromatic heterocycles. The number of fused-ring (bicyclic) bond motifs is 3. The molecular formula is C22H24O2. The van der Waals surface area contributed by atoms with Crippen LogP contribution < -0.4 is 0 Å². The minimum absolute atomic E-state index is 0.505. The summed E-state index contributed by atoms with van der Waals surface area (Å²) in [6, 6.07) is 17.3. The van der Waals surface area contributed by atoms with Crippen molar-refractivity contribution in [2.45, 2.75) is 33.1 Å². The molecule has 0 heterocycles. The molecule has 0 amide bonds. The Morgan fingerprint density at radius 3 is 2.00 bits per heavy atom. The standard InChI is InChI=1S/C13H10.C9H14O2/c1-3-7-12-10(5-1)9-11-6-2-4-8-13(11)12;1-4-6-7(3)8(5-2)9(10)11/h1-8H,9H2;4H,1,5-6H2,2-3H3,(H,10,11). The Kier molecular flexibility index (Phi) is 6.14. The summed E-state index contributed by atoms with van der Waals surface area (Å²) in [6.45, 7) is 7.22. The Bertz CT molecular complexity index is 726. The van der Waals surface area contributed by atoms with Gasteiger partial charge in [-0.25, -0.2) is 4.79 Å². The molecule has 0 bridgehead atoms. The van der Waals surface area contributed by atoms with Gasteiger partial charge in [0.25, 0.3) is 0 Å². The fourth-order valence-corrected chi connectivity index (χ4v) is 3.05. The summed E-state index contributed by atoms with van der Waals surface area (Å²) in [5.41, 5.74) is 7.16. The fraction of sp³-hybridized carbons (Fsp3) is 0.227. The van der Waals surface area contributed by atoms with Crippen LogP contribution in [0, 0.1) is 0 Å². The predicted octanol–water partition coefficient (Wildman–Crippen LogP) is 5.63. The van der Waals surface area contributed by atoms with Crippen molar-refractivity contribution in [1.29, 1.82) is 0 Å². The van der Waals surface area contributed by atoms with Crippen LogP contribution in [0.25, 0.3) is 11.1 Å². The number of carboxylic acids is 1. The molecule has 1 aliphatic carbocycles. The smallest absolute Gasteiger partial charge is 0.331 e. The van der Waals surface area contributed by atoms with Gasteiger partial charge >= 0.3 is 5.97 Å². The zero-order valence-electron chi connectivity index (χ0n) is 14.4. The molecule has 2 aromatic carbocycles. The summed E-state index contributed by atoms with van der Waals surface area (Å²) in [7, 11) is 0. The van der Waals surface area contributed by atoms with Gasteiger partial charge in [-0.2, -0.15) is 0 Å². The molecule has 2 aromatic rings. The van der Waals surface area contributed by atoms with Gasteiger partial charge in [-0.1, -0.05) is 67.1 Å². The SMILES string of the molecule is C=CCC(C)=C(CC)C(=O)O.c1ccc2c(c1)Cc1ccccc1-2. The maximum Gasteiger partial charge on any atom is 0.331 e. The minimum Gasteiger partial charge on any atom is -0.478 e. The van der Waals surface area contributed by atoms with Crippen molar-refractivity contribution in [3.8, 4) is 11.1 Å². The lowest BCUT2D eigenvalue weighted by molar-refractivity contribution is -0.132. The largest absolute Gasteiger partial charge is 0.478 e. The van der Waals surface area contributed by atoms with E-state index in [0.29, 0.717) is 18.4 Å². The van der Waals surface area contributed by atoms with Crippen molar-refractivity contribution in [3.05, 3.63) is 83.5 Å². The van der Waals surface area contributed by atoms with Crippen LogP contribution in [-0.4, -0.2) is 11.1 Å². The second-order valence-electron chi connectivity index (χ2n) is 5.90. The number of hydrogen-bond acceptors (Lipinski definition) is 1. The summed E-state index contributed by atoms with van der Waals surface area (Å²) < 4.78 is 0. The first-order valence-corrected chi connectivity index (χ1v) is 8.27. The average Bonchev–Trinajstić information content (AvgIpc) is 2.94. The summed E-state index contributed by atoms with van der Waals surface area (Å²) in [4.78, 5) is 10.6. The summed E-state index contributed by atoms with van der Waals surface area (Å²) >= 11 is 0. The lowest BCUT2D eigenvalue weighted by Crippen LogP contribution is -2.01. The molecule has 1 N–H and O–H groups in total. The lowest BCUT2D eigenvalue weighted by atomic mass is 10.1. The number of carbonyl (C=O) groups is 1. The number of allylic oxidation sites excluding steroid dienone is 2. The molecule has 0 atom stereocenters. The number of aliphatic carboxylic acids is 1. The van der Waals surface area contributed by atoms with Crippen LogP contribution >= 0.6 is 0 Å². The average molecular weight is 320 g/mol. The monoisotopic (exact) mass is 320 g/mol. The van der Waals surface area contributed by atoms with E-state index in [4.69, 9.17) is 5.11 Å². The quantitative estimate of drug-likeness (QED) is 0.499. The first kappa shape index (κ1) is 17.7. The van der Waals surface area contributed by atoms with E-state index in [9.17, 15) is 4.79 Å². The molecule has 0 fully saturated rings. The third-order valence-corrected chi connectivity index (χ3v) is 4.28. The number of hydrogen-bond donors (Lipinski definition) is 1. The summed E-state index contributed by atoms with van der Waals surface area (Å²) in [6.07, 6.45) is 4.06. The molecular weight excluding hydrogens is 296 g/mol. The Morgan fingerprint density at radius 2 is 1.58 bits per heavy atom. The van der Waals surface area contributed by atoms with Gasteiger partial charge in [0.05, 0.1) is 0 Å². The van der Waals surface area contributed by atoms with Gasteiger partial charge in [0, 0.05) is 5.57 Å². The van der Waals surface area contributed by atoms with E-state index in [1.165, 1.54) is 22.3 Å². The molecule has 0 saturated heterocycles. The molecule has 0 unspecified atom stereocenters. The molecule has 1 aliphatic rings. The van der Waals surface area contributed by atoms with Crippen molar-refractivity contribution in [2.24, 2.45) is 0 Å². The molecule has 0 aliphatic heterocycles. The van der Waals surface area contributed by atoms with Crippen LogP contribution in [0.5, 0.6) is 0 Å². The van der Waals surface area contributed by atoms with Gasteiger partial charge in [0.1, 0.15) is 0 Å². The second-order valence-corrected chi connectivity index (χ2v) is 5.90. The Labute approximate surface area is 144 Å². The van der Waals surface area contributed by atoms with E-state index in [-0.39, 0.29) is 0 Å². The summed E-state index contributed by atoms with van der Waals surface area (Å²) in [5.74, 6) is -0.813. The molecule has 24 heavy (non-hydrogen) atoms. The predicted molar refractivity (Wildman–Crippen MR) is 100 cm³/mol. The molecule has 2 heteroatoms. The molecule has 3 rings (SSSR count). The highest BCUT2D eigenvalue weighted by atomic mass is 16.4. The molecule has 0 saturated carbocycles. The van der Waals surface area contributed by atoms with Gasteiger partial charge in [-0.3, -0.25) is 0 Å². The first-order valence-electron chi connectivity index (χ1n) is 8.27. The highest BCUT2D eigenvalue weighted by Crippen LogP contribution is 2.35. The Hall–Kier alpha value is -2.61. The lowest BCUT2D eigenvalue weighted by Gasteiger charge is -2.02. The van der Waals surface area contributed by atoms with E-state index >= 15 is 0 Å². The Morgan fingerprint density at radius 1 is 1.08 bits per heavy atom. The topological polar surface area (TPSA) is 37.3 Å². The van der Waals surface area contributed by atoms with Gasteiger partial charge in [-0.15, -0.1) is 6.58 Å². The highest BCUT2D eigenvalue weighted by Gasteiger charge is 2.15. The van der Waals surface area contributed by atoms with Gasteiger partial charge in [-0.05, 0) is 48.4 Å². The number of carboxylic acid groups (broad SMARTS) is 1. The Balaban J connectivity index is 0.000000178. The van der Waals surface area contributed by atoms with Gasteiger partial charge in [0.2, 0.25) is 0 Å². The van der Waals surface area contributed by atoms with Gasteiger partial charge in [0.15, 0.2) is 0 Å². The van der Waals surface area contributed by atoms with Crippen LogP contribution in [0.3, 0.4) is 0 Å². The van der Waals surface area contributed by atoms with E-state index < -0.39 is 5.97 Å².